The highest BCUT2D eigenvalue weighted by Crippen LogP contribution is 2.18. The van der Waals surface area contributed by atoms with Gasteiger partial charge in [0.2, 0.25) is 11.8 Å². The molecule has 0 fully saturated rings. The van der Waals surface area contributed by atoms with Gasteiger partial charge in [0, 0.05) is 29.5 Å². The van der Waals surface area contributed by atoms with E-state index in [1.807, 2.05) is 38.1 Å². The van der Waals surface area contributed by atoms with Crippen molar-refractivity contribution < 1.29 is 14.3 Å². The summed E-state index contributed by atoms with van der Waals surface area (Å²) in [6.07, 6.45) is 1.31. The molecule has 0 radical (unpaired) electrons. The van der Waals surface area contributed by atoms with Crippen molar-refractivity contribution in [1.82, 2.24) is 0 Å². The molecule has 148 valence electrons. The molecule has 0 heterocycles. The second kappa shape index (κ2) is 10.8. The Bertz CT molecular complexity index is 816. The molecule has 2 aromatic carbocycles. The first-order valence-electron chi connectivity index (χ1n) is 9.27. The number of amides is 2. The lowest BCUT2D eigenvalue weighted by Gasteiger charge is -2.11. The maximum Gasteiger partial charge on any atom is 0.243 e. The first-order chi connectivity index (χ1) is 13.5. The Kier molecular flexibility index (Phi) is 8.09. The molecule has 0 spiro atoms. The third-order valence-corrected chi connectivity index (χ3v) is 3.70. The van der Waals surface area contributed by atoms with Crippen molar-refractivity contribution in [2.24, 2.45) is 0 Å². The maximum absolute atomic E-state index is 12.2. The van der Waals surface area contributed by atoms with Crippen LogP contribution in [0, 0.1) is 0 Å². The van der Waals surface area contributed by atoms with Crippen molar-refractivity contribution in [3.8, 4) is 5.75 Å². The van der Waals surface area contributed by atoms with Crippen LogP contribution in [-0.2, 0) is 9.59 Å². The molecule has 0 bridgehead atoms. The van der Waals surface area contributed by atoms with Gasteiger partial charge in [-0.3, -0.25) is 9.59 Å². The Morgan fingerprint density at radius 3 is 2.32 bits per heavy atom. The summed E-state index contributed by atoms with van der Waals surface area (Å²) in [7, 11) is 0. The minimum atomic E-state index is -0.169. The predicted octanol–water partition coefficient (Wildman–Crippen LogP) is 4.43. The monoisotopic (exact) mass is 381 g/mol. The van der Waals surface area contributed by atoms with Crippen molar-refractivity contribution in [2.45, 2.75) is 26.7 Å². The van der Waals surface area contributed by atoms with E-state index in [9.17, 15) is 9.59 Å². The van der Waals surface area contributed by atoms with Gasteiger partial charge in [0.25, 0.3) is 0 Å². The van der Waals surface area contributed by atoms with Crippen LogP contribution in [0.3, 0.4) is 0 Å². The SMILES string of the molecule is C=C(C)COc1cccc(NC(=O)CNc2ccc(NC(=O)CCC)cc2)c1. The number of carbonyl (C=O) groups excluding carboxylic acids is 2. The van der Waals surface area contributed by atoms with E-state index in [4.69, 9.17) is 4.74 Å². The number of benzene rings is 2. The fourth-order valence-electron chi connectivity index (χ4n) is 2.38. The molecule has 2 rings (SSSR count). The van der Waals surface area contributed by atoms with Crippen LogP contribution in [0.2, 0.25) is 0 Å². The van der Waals surface area contributed by atoms with E-state index in [0.717, 1.165) is 23.4 Å². The van der Waals surface area contributed by atoms with Crippen LogP contribution < -0.4 is 20.7 Å². The smallest absolute Gasteiger partial charge is 0.243 e. The highest BCUT2D eigenvalue weighted by molar-refractivity contribution is 5.94. The third kappa shape index (κ3) is 7.53. The predicted molar refractivity (Wildman–Crippen MR) is 114 cm³/mol. The summed E-state index contributed by atoms with van der Waals surface area (Å²) in [6.45, 7) is 8.21. The molecule has 3 N–H and O–H groups in total. The summed E-state index contributed by atoms with van der Waals surface area (Å²) in [4.78, 5) is 23.8. The van der Waals surface area contributed by atoms with Gasteiger partial charge in [0.05, 0.1) is 6.54 Å². The van der Waals surface area contributed by atoms with E-state index in [1.165, 1.54) is 0 Å². The van der Waals surface area contributed by atoms with E-state index in [-0.39, 0.29) is 18.4 Å². The van der Waals surface area contributed by atoms with Gasteiger partial charge in [-0.15, -0.1) is 0 Å². The third-order valence-electron chi connectivity index (χ3n) is 3.70. The van der Waals surface area contributed by atoms with E-state index >= 15 is 0 Å². The first kappa shape index (κ1) is 21.0. The first-order valence-corrected chi connectivity index (χ1v) is 9.27. The van der Waals surface area contributed by atoms with Crippen LogP contribution in [0.25, 0.3) is 0 Å². The lowest BCUT2D eigenvalue weighted by atomic mass is 10.2. The van der Waals surface area contributed by atoms with Crippen LogP contribution in [0.4, 0.5) is 17.1 Å². The lowest BCUT2D eigenvalue weighted by Crippen LogP contribution is -2.21. The number of carbonyl (C=O) groups is 2. The minimum Gasteiger partial charge on any atom is -0.489 e. The Morgan fingerprint density at radius 2 is 1.64 bits per heavy atom. The van der Waals surface area contributed by atoms with Crippen molar-refractivity contribution >= 4 is 28.9 Å². The van der Waals surface area contributed by atoms with Gasteiger partial charge in [-0.25, -0.2) is 0 Å². The Labute approximate surface area is 166 Å². The molecule has 2 amide bonds. The van der Waals surface area contributed by atoms with Crippen molar-refractivity contribution in [3.63, 3.8) is 0 Å². The zero-order chi connectivity index (χ0) is 20.4. The van der Waals surface area contributed by atoms with E-state index in [0.29, 0.717) is 24.5 Å². The number of hydrogen-bond acceptors (Lipinski definition) is 4. The highest BCUT2D eigenvalue weighted by atomic mass is 16.5. The molecule has 0 atom stereocenters. The maximum atomic E-state index is 12.2. The zero-order valence-electron chi connectivity index (χ0n) is 16.4. The fourth-order valence-corrected chi connectivity index (χ4v) is 2.38. The number of hydrogen-bond donors (Lipinski definition) is 3. The van der Waals surface area contributed by atoms with Crippen LogP contribution >= 0.6 is 0 Å². The van der Waals surface area contributed by atoms with Crippen molar-refractivity contribution in [1.29, 1.82) is 0 Å². The molecule has 6 heteroatoms. The van der Waals surface area contributed by atoms with Crippen LogP contribution in [0.1, 0.15) is 26.7 Å². The zero-order valence-corrected chi connectivity index (χ0v) is 16.4. The number of ether oxygens (including phenoxy) is 1. The van der Waals surface area contributed by atoms with Gasteiger partial charge in [0.15, 0.2) is 0 Å². The molecule has 0 saturated heterocycles. The van der Waals surface area contributed by atoms with E-state index in [1.54, 1.807) is 24.3 Å². The average Bonchev–Trinajstić information content (AvgIpc) is 2.66. The summed E-state index contributed by atoms with van der Waals surface area (Å²) in [5, 5.41) is 8.72. The molecule has 0 aliphatic rings. The van der Waals surface area contributed by atoms with Crippen molar-refractivity contribution in [2.75, 3.05) is 29.1 Å². The number of rotatable bonds is 10. The molecule has 6 nitrogen and oxygen atoms in total. The Hall–Kier alpha value is -3.28. The second-order valence-electron chi connectivity index (χ2n) is 6.55. The van der Waals surface area contributed by atoms with Crippen molar-refractivity contribution in [3.05, 3.63) is 60.7 Å². The van der Waals surface area contributed by atoms with E-state index < -0.39 is 0 Å². The number of anilines is 3. The van der Waals surface area contributed by atoms with E-state index in [2.05, 4.69) is 22.5 Å². The molecule has 0 aromatic heterocycles. The Balaban J connectivity index is 1.81. The average molecular weight is 381 g/mol. The Morgan fingerprint density at radius 1 is 0.964 bits per heavy atom. The summed E-state index contributed by atoms with van der Waals surface area (Å²) in [5.41, 5.74) is 3.12. The molecule has 28 heavy (non-hydrogen) atoms. The van der Waals surface area contributed by atoms with Gasteiger partial charge in [-0.1, -0.05) is 19.6 Å². The second-order valence-corrected chi connectivity index (χ2v) is 6.55. The molecule has 2 aromatic rings. The normalized spacial score (nSPS) is 10.1. The molecule has 0 aliphatic heterocycles. The quantitative estimate of drug-likeness (QED) is 0.532. The molecular formula is C22H27N3O3. The van der Waals surface area contributed by atoms with Gasteiger partial charge in [-0.2, -0.15) is 0 Å². The van der Waals surface area contributed by atoms with Gasteiger partial charge < -0.3 is 20.7 Å². The molecule has 0 saturated carbocycles. The van der Waals surface area contributed by atoms with Crippen LogP contribution in [0.5, 0.6) is 5.75 Å². The summed E-state index contributed by atoms with van der Waals surface area (Å²) in [5.74, 6) is 0.504. The topological polar surface area (TPSA) is 79.5 Å². The van der Waals surface area contributed by atoms with Crippen LogP contribution in [-0.4, -0.2) is 25.0 Å². The summed E-state index contributed by atoms with van der Waals surface area (Å²) in [6, 6.07) is 14.5. The highest BCUT2D eigenvalue weighted by Gasteiger charge is 2.05. The van der Waals surface area contributed by atoms with Gasteiger partial charge in [-0.05, 0) is 55.3 Å². The molecular weight excluding hydrogens is 354 g/mol. The lowest BCUT2D eigenvalue weighted by molar-refractivity contribution is -0.116. The molecule has 0 unspecified atom stereocenters. The minimum absolute atomic E-state index is 0.00273. The fraction of sp³-hybridized carbons (Fsp3) is 0.273. The largest absolute Gasteiger partial charge is 0.489 e. The standard InChI is InChI=1S/C22H27N3O3/c1-4-6-21(26)24-18-11-9-17(10-12-18)23-14-22(27)25-19-7-5-8-20(13-19)28-15-16(2)3/h5,7-13,23H,2,4,6,14-15H2,1,3H3,(H,24,26)(H,25,27). The number of nitrogens with one attached hydrogen (secondary N) is 3. The van der Waals surface area contributed by atoms with Crippen LogP contribution in [0.15, 0.2) is 60.7 Å². The summed E-state index contributed by atoms with van der Waals surface area (Å²) >= 11 is 0. The molecule has 0 aliphatic carbocycles. The van der Waals surface area contributed by atoms with Gasteiger partial charge in [0.1, 0.15) is 12.4 Å². The summed E-state index contributed by atoms with van der Waals surface area (Å²) < 4.78 is 5.58. The van der Waals surface area contributed by atoms with Gasteiger partial charge >= 0.3 is 0 Å².